The first-order chi connectivity index (χ1) is 9.04. The van der Waals surface area contributed by atoms with Crippen molar-refractivity contribution in [3.05, 3.63) is 10.4 Å². The highest BCUT2D eigenvalue weighted by Crippen LogP contribution is 2.40. The third-order valence-corrected chi connectivity index (χ3v) is 4.47. The number of aromatic nitrogens is 2. The van der Waals surface area contributed by atoms with E-state index in [9.17, 15) is 5.11 Å². The van der Waals surface area contributed by atoms with E-state index in [0.717, 1.165) is 21.3 Å². The summed E-state index contributed by atoms with van der Waals surface area (Å²) in [6.45, 7) is 6.81. The number of hydrogen-bond donors (Lipinski definition) is 2. The molecule has 0 aliphatic carbocycles. The van der Waals surface area contributed by atoms with Gasteiger partial charge in [-0.15, -0.1) is 11.3 Å². The predicted octanol–water partition coefficient (Wildman–Crippen LogP) is 2.36. The van der Waals surface area contributed by atoms with Crippen molar-refractivity contribution in [1.82, 2.24) is 9.36 Å². The molecular formula is C12H18N4OS2. The molecule has 2 aromatic rings. The maximum absolute atomic E-state index is 9.22. The van der Waals surface area contributed by atoms with E-state index in [4.69, 9.17) is 5.73 Å². The van der Waals surface area contributed by atoms with Crippen LogP contribution in [0.5, 0.6) is 0 Å². The Morgan fingerprint density at radius 2 is 2.21 bits per heavy atom. The molecule has 0 bridgehead atoms. The second kappa shape index (κ2) is 5.85. The van der Waals surface area contributed by atoms with Crippen LogP contribution in [-0.4, -0.2) is 33.7 Å². The summed E-state index contributed by atoms with van der Waals surface area (Å²) in [6.07, 6.45) is 0. The predicted molar refractivity (Wildman–Crippen MR) is 81.9 cm³/mol. The molecule has 5 nitrogen and oxygen atoms in total. The molecule has 0 saturated heterocycles. The molecule has 19 heavy (non-hydrogen) atoms. The van der Waals surface area contributed by atoms with E-state index in [1.54, 1.807) is 11.3 Å². The highest BCUT2D eigenvalue weighted by molar-refractivity contribution is 7.11. The second-order valence-electron chi connectivity index (χ2n) is 4.51. The first-order valence-corrected chi connectivity index (χ1v) is 7.75. The number of aliphatic hydroxyl groups excluding tert-OH is 1. The van der Waals surface area contributed by atoms with Gasteiger partial charge in [-0.2, -0.15) is 4.37 Å². The fourth-order valence-corrected chi connectivity index (χ4v) is 3.50. The van der Waals surface area contributed by atoms with Crippen molar-refractivity contribution < 1.29 is 5.11 Å². The van der Waals surface area contributed by atoms with Gasteiger partial charge in [-0.05, 0) is 32.3 Å². The van der Waals surface area contributed by atoms with E-state index in [0.29, 0.717) is 12.4 Å². The molecule has 0 atom stereocenters. The van der Waals surface area contributed by atoms with Crippen molar-refractivity contribution >= 4 is 33.7 Å². The van der Waals surface area contributed by atoms with Crippen LogP contribution in [0.1, 0.15) is 18.9 Å². The molecule has 7 heteroatoms. The zero-order valence-corrected chi connectivity index (χ0v) is 12.9. The van der Waals surface area contributed by atoms with Gasteiger partial charge in [0.15, 0.2) is 0 Å². The van der Waals surface area contributed by atoms with Gasteiger partial charge < -0.3 is 15.7 Å². The Balaban J connectivity index is 2.47. The quantitative estimate of drug-likeness (QED) is 0.886. The Morgan fingerprint density at radius 3 is 2.74 bits per heavy atom. The van der Waals surface area contributed by atoms with Crippen LogP contribution in [0.2, 0.25) is 0 Å². The average Bonchev–Trinajstić information content (AvgIpc) is 2.92. The van der Waals surface area contributed by atoms with Crippen molar-refractivity contribution in [3.63, 3.8) is 0 Å². The summed E-state index contributed by atoms with van der Waals surface area (Å²) in [5, 5.41) is 13.2. The Labute approximate surface area is 120 Å². The molecule has 2 rings (SSSR count). The highest BCUT2D eigenvalue weighted by Gasteiger charge is 2.22. The summed E-state index contributed by atoms with van der Waals surface area (Å²) in [5.41, 5.74) is 7.75. The van der Waals surface area contributed by atoms with E-state index in [-0.39, 0.29) is 12.6 Å². The molecule has 0 spiro atoms. The Bertz CT molecular complexity index is 550. The van der Waals surface area contributed by atoms with Crippen molar-refractivity contribution in [3.8, 4) is 11.3 Å². The van der Waals surface area contributed by atoms with Gasteiger partial charge in [0, 0.05) is 18.0 Å². The van der Waals surface area contributed by atoms with Crippen molar-refractivity contribution in [2.75, 3.05) is 23.8 Å². The van der Waals surface area contributed by atoms with E-state index >= 15 is 0 Å². The minimum absolute atomic E-state index is 0.103. The van der Waals surface area contributed by atoms with Crippen molar-refractivity contribution in [2.45, 2.75) is 26.8 Å². The Kier molecular flexibility index (Phi) is 4.38. The summed E-state index contributed by atoms with van der Waals surface area (Å²) >= 11 is 2.96. The molecule has 3 N–H and O–H groups in total. The molecule has 0 aliphatic rings. The molecular weight excluding hydrogens is 280 g/mol. The largest absolute Gasteiger partial charge is 0.395 e. The molecule has 0 fully saturated rings. The summed E-state index contributed by atoms with van der Waals surface area (Å²) in [5.74, 6) is 0.508. The van der Waals surface area contributed by atoms with E-state index in [1.807, 2.05) is 12.3 Å². The molecule has 0 unspecified atom stereocenters. The minimum Gasteiger partial charge on any atom is -0.395 e. The van der Waals surface area contributed by atoms with Crippen LogP contribution in [0.15, 0.2) is 5.38 Å². The minimum atomic E-state index is 0.103. The van der Waals surface area contributed by atoms with Crippen molar-refractivity contribution in [1.29, 1.82) is 0 Å². The molecule has 2 aromatic heterocycles. The number of hydrogen-bond acceptors (Lipinski definition) is 7. The molecule has 0 saturated carbocycles. The summed E-state index contributed by atoms with van der Waals surface area (Å²) in [6, 6.07) is 0.269. The zero-order chi connectivity index (χ0) is 14.0. The Morgan fingerprint density at radius 1 is 1.47 bits per heavy atom. The number of rotatable bonds is 5. The average molecular weight is 298 g/mol. The maximum Gasteiger partial charge on any atom is 0.148 e. The van der Waals surface area contributed by atoms with E-state index < -0.39 is 0 Å². The molecule has 0 radical (unpaired) electrons. The lowest BCUT2D eigenvalue weighted by molar-refractivity contribution is 0.299. The highest BCUT2D eigenvalue weighted by atomic mass is 32.1. The van der Waals surface area contributed by atoms with Crippen LogP contribution in [0, 0.1) is 6.92 Å². The van der Waals surface area contributed by atoms with Gasteiger partial charge in [0.05, 0.1) is 22.9 Å². The number of aliphatic hydroxyl groups is 1. The summed E-state index contributed by atoms with van der Waals surface area (Å²) in [4.78, 5) is 6.60. The molecule has 0 amide bonds. The van der Waals surface area contributed by atoms with Crippen LogP contribution in [0.25, 0.3) is 11.3 Å². The van der Waals surface area contributed by atoms with Crippen LogP contribution in [-0.2, 0) is 0 Å². The third kappa shape index (κ3) is 2.88. The lowest BCUT2D eigenvalue weighted by Gasteiger charge is -2.27. The van der Waals surface area contributed by atoms with E-state index in [2.05, 4.69) is 28.1 Å². The molecule has 0 aromatic carbocycles. The van der Waals surface area contributed by atoms with Gasteiger partial charge >= 0.3 is 0 Å². The van der Waals surface area contributed by atoms with Gasteiger partial charge in [-0.1, -0.05) is 0 Å². The van der Waals surface area contributed by atoms with Crippen molar-refractivity contribution in [2.24, 2.45) is 0 Å². The first kappa shape index (κ1) is 14.2. The number of nitrogen functional groups attached to an aromatic ring is 1. The van der Waals surface area contributed by atoms with Gasteiger partial charge in [-0.3, -0.25) is 0 Å². The zero-order valence-electron chi connectivity index (χ0n) is 11.3. The fraction of sp³-hybridized carbons (Fsp3) is 0.500. The van der Waals surface area contributed by atoms with Crippen LogP contribution in [0.3, 0.4) is 0 Å². The standard InChI is InChI=1S/C12H18N4OS2/c1-7(2)16(4-5-17)12-10(11(13)15-19-12)9-6-18-8(3)14-9/h6-7,17H,4-5H2,1-3H3,(H2,13,15). The van der Waals surface area contributed by atoms with Gasteiger partial charge in [0.2, 0.25) is 0 Å². The van der Waals surface area contributed by atoms with Crippen LogP contribution >= 0.6 is 22.9 Å². The first-order valence-electron chi connectivity index (χ1n) is 6.09. The number of nitrogens with two attached hydrogens (primary N) is 1. The second-order valence-corrected chi connectivity index (χ2v) is 6.32. The Hall–Kier alpha value is -1.18. The SMILES string of the molecule is Cc1nc(-c2c(N)nsc2N(CCO)C(C)C)cs1. The number of thiazole rings is 1. The number of anilines is 2. The monoisotopic (exact) mass is 298 g/mol. The molecule has 0 aliphatic heterocycles. The van der Waals surface area contributed by atoms with Gasteiger partial charge in [-0.25, -0.2) is 4.98 Å². The van der Waals surface area contributed by atoms with Crippen LogP contribution < -0.4 is 10.6 Å². The lowest BCUT2D eigenvalue weighted by atomic mass is 10.2. The summed E-state index contributed by atoms with van der Waals surface area (Å²) < 4.78 is 4.25. The number of nitrogens with zero attached hydrogens (tertiary/aromatic N) is 3. The molecule has 104 valence electrons. The van der Waals surface area contributed by atoms with E-state index in [1.165, 1.54) is 11.5 Å². The normalized spacial score (nSPS) is 11.2. The maximum atomic E-state index is 9.22. The van der Waals surface area contributed by atoms with Gasteiger partial charge in [0.1, 0.15) is 10.8 Å². The van der Waals surface area contributed by atoms with Crippen LogP contribution in [0.4, 0.5) is 10.8 Å². The smallest absolute Gasteiger partial charge is 0.148 e. The third-order valence-electron chi connectivity index (χ3n) is 2.80. The molecule has 2 heterocycles. The lowest BCUT2D eigenvalue weighted by Crippen LogP contribution is -2.33. The topological polar surface area (TPSA) is 75.3 Å². The fourth-order valence-electron chi connectivity index (χ4n) is 1.91. The summed E-state index contributed by atoms with van der Waals surface area (Å²) in [7, 11) is 0. The number of aryl methyl sites for hydroxylation is 1. The van der Waals surface area contributed by atoms with Gasteiger partial charge in [0.25, 0.3) is 0 Å².